The van der Waals surface area contributed by atoms with Crippen LogP contribution in [0.15, 0.2) is 6.07 Å². The number of nitrogens with zero attached hydrogens (tertiary/aromatic N) is 2. The summed E-state index contributed by atoms with van der Waals surface area (Å²) in [6, 6.07) is 1.49. The molecule has 0 fully saturated rings. The molecule has 0 saturated carbocycles. The van der Waals surface area contributed by atoms with Crippen molar-refractivity contribution in [1.82, 2.24) is 9.97 Å². The minimum absolute atomic E-state index is 0.326. The first-order valence-electron chi connectivity index (χ1n) is 4.74. The summed E-state index contributed by atoms with van der Waals surface area (Å²) in [5.74, 6) is 0.424. The number of hydrogen-bond donors (Lipinski definition) is 1. The molecular weight excluding hydrogens is 237 g/mol. The van der Waals surface area contributed by atoms with E-state index in [2.05, 4.69) is 22.2 Å². The van der Waals surface area contributed by atoms with Crippen LogP contribution in [-0.2, 0) is 4.74 Å². The lowest BCUT2D eigenvalue weighted by molar-refractivity contribution is 0.144. The van der Waals surface area contributed by atoms with E-state index in [1.165, 1.54) is 6.07 Å². The van der Waals surface area contributed by atoms with E-state index in [-0.39, 0.29) is 0 Å². The van der Waals surface area contributed by atoms with Gasteiger partial charge in [0.25, 0.3) is 0 Å². The van der Waals surface area contributed by atoms with Gasteiger partial charge in [-0.3, -0.25) is 0 Å². The number of nitrogens with one attached hydrogen (secondary N) is 1. The second kappa shape index (κ2) is 6.82. The molecule has 6 heteroatoms. The second-order valence-corrected chi connectivity index (χ2v) is 3.65. The molecule has 1 aromatic heterocycles. The van der Waals surface area contributed by atoms with Gasteiger partial charge in [-0.05, 0) is 6.42 Å². The highest BCUT2D eigenvalue weighted by molar-refractivity contribution is 6.33. The Morgan fingerprint density at radius 1 is 1.27 bits per heavy atom. The lowest BCUT2D eigenvalue weighted by atomic mass is 10.5. The van der Waals surface area contributed by atoms with Crippen LogP contribution in [0.1, 0.15) is 13.3 Å². The Bertz CT molecular complexity index is 289. The summed E-state index contributed by atoms with van der Waals surface area (Å²) in [5, 5.41) is 3.62. The van der Waals surface area contributed by atoms with Crippen LogP contribution in [0, 0.1) is 0 Å². The van der Waals surface area contributed by atoms with Gasteiger partial charge in [0.15, 0.2) is 0 Å². The number of hydrogen-bond acceptors (Lipinski definition) is 4. The van der Waals surface area contributed by atoms with Crippen molar-refractivity contribution in [2.45, 2.75) is 13.3 Å². The van der Waals surface area contributed by atoms with Gasteiger partial charge in [-0.25, -0.2) is 9.97 Å². The third-order valence-corrected chi connectivity index (χ3v) is 1.93. The molecule has 0 atom stereocenters. The van der Waals surface area contributed by atoms with Crippen molar-refractivity contribution in [2.24, 2.45) is 0 Å². The molecule has 0 bridgehead atoms. The van der Waals surface area contributed by atoms with Crippen molar-refractivity contribution in [3.63, 3.8) is 0 Å². The average molecular weight is 250 g/mol. The van der Waals surface area contributed by atoms with Gasteiger partial charge < -0.3 is 10.1 Å². The summed E-state index contributed by atoms with van der Waals surface area (Å²) in [4.78, 5) is 7.91. The fraction of sp³-hybridized carbons (Fsp3) is 0.556. The first-order chi connectivity index (χ1) is 7.22. The summed E-state index contributed by atoms with van der Waals surface area (Å²) >= 11 is 11.4. The lowest BCUT2D eigenvalue weighted by Gasteiger charge is -2.05. The van der Waals surface area contributed by atoms with Crippen LogP contribution in [-0.4, -0.2) is 29.7 Å². The van der Waals surface area contributed by atoms with Crippen molar-refractivity contribution in [2.75, 3.05) is 25.1 Å². The van der Waals surface area contributed by atoms with E-state index >= 15 is 0 Å². The largest absolute Gasteiger partial charge is 0.380 e. The Kier molecular flexibility index (Phi) is 5.68. The van der Waals surface area contributed by atoms with E-state index in [0.29, 0.717) is 29.4 Å². The predicted octanol–water partition coefficient (Wildman–Crippen LogP) is 2.62. The fourth-order valence-electron chi connectivity index (χ4n) is 0.951. The highest BCUT2D eigenvalue weighted by Gasteiger charge is 2.00. The van der Waals surface area contributed by atoms with Crippen molar-refractivity contribution in [3.8, 4) is 0 Å². The second-order valence-electron chi connectivity index (χ2n) is 2.88. The molecule has 0 aliphatic rings. The smallest absolute Gasteiger partial charge is 0.225 e. The molecule has 0 radical (unpaired) electrons. The van der Waals surface area contributed by atoms with Gasteiger partial charge in [-0.2, -0.15) is 0 Å². The lowest BCUT2D eigenvalue weighted by Crippen LogP contribution is -2.11. The van der Waals surface area contributed by atoms with E-state index in [0.717, 1.165) is 13.0 Å². The van der Waals surface area contributed by atoms with Crippen molar-refractivity contribution in [3.05, 3.63) is 16.4 Å². The highest BCUT2D eigenvalue weighted by atomic mass is 35.5. The van der Waals surface area contributed by atoms with Crippen LogP contribution >= 0.6 is 23.2 Å². The zero-order valence-electron chi connectivity index (χ0n) is 8.46. The van der Waals surface area contributed by atoms with Crippen LogP contribution in [0.3, 0.4) is 0 Å². The van der Waals surface area contributed by atoms with Crippen LogP contribution in [0.4, 0.5) is 5.95 Å². The summed E-state index contributed by atoms with van der Waals surface area (Å²) in [5.41, 5.74) is 0. The Hall–Kier alpha value is -0.580. The minimum Gasteiger partial charge on any atom is -0.380 e. The topological polar surface area (TPSA) is 47.0 Å². The Morgan fingerprint density at radius 2 is 1.93 bits per heavy atom. The number of ether oxygens (including phenoxy) is 1. The molecule has 0 aliphatic carbocycles. The van der Waals surface area contributed by atoms with E-state index in [1.807, 2.05) is 0 Å². The summed E-state index contributed by atoms with van der Waals surface area (Å²) < 4.78 is 5.28. The van der Waals surface area contributed by atoms with Gasteiger partial charge in [-0.15, -0.1) is 0 Å². The van der Waals surface area contributed by atoms with Gasteiger partial charge in [0.2, 0.25) is 5.95 Å². The van der Waals surface area contributed by atoms with Crippen LogP contribution < -0.4 is 5.32 Å². The zero-order valence-corrected chi connectivity index (χ0v) is 9.98. The maximum absolute atomic E-state index is 5.71. The summed E-state index contributed by atoms with van der Waals surface area (Å²) in [6.45, 7) is 4.07. The first kappa shape index (κ1) is 12.5. The van der Waals surface area contributed by atoms with Gasteiger partial charge in [0, 0.05) is 19.2 Å². The molecule has 0 spiro atoms. The number of anilines is 1. The molecule has 0 aromatic carbocycles. The molecule has 15 heavy (non-hydrogen) atoms. The van der Waals surface area contributed by atoms with E-state index in [1.54, 1.807) is 0 Å². The molecule has 4 nitrogen and oxygen atoms in total. The Balaban J connectivity index is 2.31. The normalized spacial score (nSPS) is 10.3. The van der Waals surface area contributed by atoms with E-state index in [4.69, 9.17) is 27.9 Å². The molecule has 1 aromatic rings. The molecule has 84 valence electrons. The maximum Gasteiger partial charge on any atom is 0.225 e. The third kappa shape index (κ3) is 5.16. The quantitative estimate of drug-likeness (QED) is 0.622. The molecule has 1 rings (SSSR count). The molecule has 0 saturated heterocycles. The van der Waals surface area contributed by atoms with Crippen molar-refractivity contribution < 1.29 is 4.74 Å². The van der Waals surface area contributed by atoms with Gasteiger partial charge in [0.1, 0.15) is 10.3 Å². The standard InChI is InChI=1S/C9H13Cl2N3O/c1-2-4-15-5-3-12-9-13-7(10)6-8(11)14-9/h6H,2-5H2,1H3,(H,12,13,14). The van der Waals surface area contributed by atoms with E-state index < -0.39 is 0 Å². The molecule has 1 heterocycles. The van der Waals surface area contributed by atoms with Crippen LogP contribution in [0.25, 0.3) is 0 Å². The minimum atomic E-state index is 0.326. The van der Waals surface area contributed by atoms with Gasteiger partial charge in [-0.1, -0.05) is 30.1 Å². The number of rotatable bonds is 6. The van der Waals surface area contributed by atoms with Gasteiger partial charge >= 0.3 is 0 Å². The number of aromatic nitrogens is 2. The predicted molar refractivity (Wildman–Crippen MR) is 61.7 cm³/mol. The average Bonchev–Trinajstić information content (AvgIpc) is 2.16. The molecule has 1 N–H and O–H groups in total. The summed E-state index contributed by atoms with van der Waals surface area (Å²) in [6.07, 6.45) is 1.01. The van der Waals surface area contributed by atoms with Crippen molar-refractivity contribution in [1.29, 1.82) is 0 Å². The first-order valence-corrected chi connectivity index (χ1v) is 5.49. The van der Waals surface area contributed by atoms with Crippen molar-refractivity contribution >= 4 is 29.2 Å². The van der Waals surface area contributed by atoms with Crippen LogP contribution in [0.2, 0.25) is 10.3 Å². The van der Waals surface area contributed by atoms with Crippen LogP contribution in [0.5, 0.6) is 0 Å². The monoisotopic (exact) mass is 249 g/mol. The highest BCUT2D eigenvalue weighted by Crippen LogP contribution is 2.13. The summed E-state index contributed by atoms with van der Waals surface area (Å²) in [7, 11) is 0. The fourth-order valence-corrected chi connectivity index (χ4v) is 1.37. The third-order valence-electron chi connectivity index (χ3n) is 1.54. The maximum atomic E-state index is 5.71. The SMILES string of the molecule is CCCOCCNc1nc(Cl)cc(Cl)n1. The molecular formula is C9H13Cl2N3O. The Labute approximate surface area is 99.0 Å². The van der Waals surface area contributed by atoms with E-state index in [9.17, 15) is 0 Å². The molecule has 0 unspecified atom stereocenters. The molecule has 0 amide bonds. The Morgan fingerprint density at radius 3 is 2.53 bits per heavy atom. The number of halogens is 2. The van der Waals surface area contributed by atoms with Gasteiger partial charge in [0.05, 0.1) is 6.61 Å². The molecule has 0 aliphatic heterocycles. The zero-order chi connectivity index (χ0) is 11.1.